The van der Waals surface area contributed by atoms with E-state index < -0.39 is 0 Å². The first-order valence-electron chi connectivity index (χ1n) is 8.16. The molecule has 2 rings (SSSR count). The van der Waals surface area contributed by atoms with Crippen LogP contribution in [0.3, 0.4) is 0 Å². The number of aliphatic hydroxyl groups excluding tert-OH is 1. The number of nitrogens with one attached hydrogen (secondary N) is 1. The van der Waals surface area contributed by atoms with Crippen LogP contribution in [0, 0.1) is 11.8 Å². The number of rotatable bonds is 4. The molecule has 3 unspecified atom stereocenters. The predicted molar refractivity (Wildman–Crippen MR) is 76.6 cm³/mol. The third kappa shape index (κ3) is 4.24. The first-order valence-corrected chi connectivity index (χ1v) is 8.16. The van der Waals surface area contributed by atoms with Crippen LogP contribution < -0.4 is 5.32 Å². The molecule has 0 aromatic carbocycles. The molecule has 18 heavy (non-hydrogen) atoms. The maximum Gasteiger partial charge on any atom is 0.0587 e. The molecular weight excluding hydrogens is 222 g/mol. The van der Waals surface area contributed by atoms with Crippen LogP contribution in [0.15, 0.2) is 0 Å². The number of aliphatic hydroxyl groups is 1. The van der Waals surface area contributed by atoms with E-state index in [1.54, 1.807) is 0 Å². The maximum atomic E-state index is 9.70. The van der Waals surface area contributed by atoms with Crippen molar-refractivity contribution < 1.29 is 5.11 Å². The fourth-order valence-electron chi connectivity index (χ4n) is 3.93. The second-order valence-electron chi connectivity index (χ2n) is 6.68. The summed E-state index contributed by atoms with van der Waals surface area (Å²) >= 11 is 0. The Morgan fingerprint density at radius 1 is 1.00 bits per heavy atom. The van der Waals surface area contributed by atoms with Gasteiger partial charge in [0.1, 0.15) is 0 Å². The zero-order chi connectivity index (χ0) is 12.8. The van der Waals surface area contributed by atoms with Crippen molar-refractivity contribution in [3.8, 4) is 0 Å². The first-order chi connectivity index (χ1) is 8.79. The quantitative estimate of drug-likeness (QED) is 0.752. The van der Waals surface area contributed by atoms with Gasteiger partial charge in [-0.1, -0.05) is 45.4 Å². The van der Waals surface area contributed by atoms with E-state index in [4.69, 9.17) is 0 Å². The molecule has 2 saturated carbocycles. The molecule has 0 heterocycles. The van der Waals surface area contributed by atoms with E-state index in [2.05, 4.69) is 12.2 Å². The Bertz CT molecular complexity index is 223. The molecule has 2 nitrogen and oxygen atoms in total. The smallest absolute Gasteiger partial charge is 0.0587 e. The molecule has 2 fully saturated rings. The summed E-state index contributed by atoms with van der Waals surface area (Å²) in [5.74, 6) is 1.57. The Morgan fingerprint density at radius 2 is 1.72 bits per heavy atom. The minimum absolute atomic E-state index is 0.327. The lowest BCUT2D eigenvalue weighted by atomic mass is 9.78. The molecule has 0 amide bonds. The molecule has 0 aromatic heterocycles. The van der Waals surface area contributed by atoms with E-state index in [9.17, 15) is 5.11 Å². The van der Waals surface area contributed by atoms with Crippen LogP contribution in [0.2, 0.25) is 0 Å². The summed E-state index contributed by atoms with van der Waals surface area (Å²) in [4.78, 5) is 0. The van der Waals surface area contributed by atoms with Gasteiger partial charge in [0.05, 0.1) is 6.61 Å². The van der Waals surface area contributed by atoms with Gasteiger partial charge in [0, 0.05) is 12.1 Å². The predicted octanol–water partition coefficient (Wildman–Crippen LogP) is 3.49. The maximum absolute atomic E-state index is 9.70. The normalized spacial score (nSPS) is 33.0. The number of hydrogen-bond donors (Lipinski definition) is 2. The standard InChI is InChI=1S/C16H31NO/c1-13-7-6-8-14(11-13)16(12-18)17-15-9-4-2-3-5-10-15/h13-18H,2-12H2,1H3. The lowest BCUT2D eigenvalue weighted by Gasteiger charge is -2.35. The van der Waals surface area contributed by atoms with Crippen LogP contribution in [0.1, 0.15) is 71.1 Å². The summed E-state index contributed by atoms with van der Waals surface area (Å²) in [5.41, 5.74) is 0. The summed E-state index contributed by atoms with van der Waals surface area (Å²) in [5, 5.41) is 13.5. The van der Waals surface area contributed by atoms with Gasteiger partial charge in [0.2, 0.25) is 0 Å². The molecule has 0 radical (unpaired) electrons. The minimum Gasteiger partial charge on any atom is -0.395 e. The molecule has 2 heteroatoms. The molecule has 106 valence electrons. The summed E-state index contributed by atoms with van der Waals surface area (Å²) in [7, 11) is 0. The Hall–Kier alpha value is -0.0800. The van der Waals surface area contributed by atoms with Crippen LogP contribution in [0.4, 0.5) is 0 Å². The molecule has 0 aliphatic heterocycles. The molecule has 0 bridgehead atoms. The Balaban J connectivity index is 1.83. The van der Waals surface area contributed by atoms with Gasteiger partial charge in [-0.25, -0.2) is 0 Å². The lowest BCUT2D eigenvalue weighted by molar-refractivity contribution is 0.141. The minimum atomic E-state index is 0.327. The van der Waals surface area contributed by atoms with E-state index in [1.165, 1.54) is 64.2 Å². The van der Waals surface area contributed by atoms with Gasteiger partial charge < -0.3 is 10.4 Å². The van der Waals surface area contributed by atoms with Crippen molar-refractivity contribution in [3.63, 3.8) is 0 Å². The molecule has 0 saturated heterocycles. The van der Waals surface area contributed by atoms with Gasteiger partial charge in [-0.2, -0.15) is 0 Å². The summed E-state index contributed by atoms with van der Waals surface area (Å²) in [6.45, 7) is 2.69. The van der Waals surface area contributed by atoms with Crippen molar-refractivity contribution in [1.29, 1.82) is 0 Å². The molecule has 2 aliphatic carbocycles. The Morgan fingerprint density at radius 3 is 2.33 bits per heavy atom. The number of hydrogen-bond acceptors (Lipinski definition) is 2. The second-order valence-corrected chi connectivity index (χ2v) is 6.68. The van der Waals surface area contributed by atoms with Crippen molar-refractivity contribution in [3.05, 3.63) is 0 Å². The zero-order valence-electron chi connectivity index (χ0n) is 12.0. The molecule has 0 spiro atoms. The van der Waals surface area contributed by atoms with E-state index >= 15 is 0 Å². The van der Waals surface area contributed by atoms with Crippen molar-refractivity contribution in [1.82, 2.24) is 5.32 Å². The Kier molecular flexibility index (Phi) is 5.97. The highest BCUT2D eigenvalue weighted by Gasteiger charge is 2.27. The van der Waals surface area contributed by atoms with Gasteiger partial charge in [-0.05, 0) is 37.5 Å². The average molecular weight is 253 g/mol. The van der Waals surface area contributed by atoms with E-state index in [-0.39, 0.29) is 0 Å². The highest BCUT2D eigenvalue weighted by molar-refractivity contribution is 4.84. The van der Waals surface area contributed by atoms with Gasteiger partial charge in [-0.15, -0.1) is 0 Å². The van der Waals surface area contributed by atoms with Crippen LogP contribution in [-0.2, 0) is 0 Å². The van der Waals surface area contributed by atoms with Gasteiger partial charge in [0.25, 0.3) is 0 Å². The van der Waals surface area contributed by atoms with Gasteiger partial charge >= 0.3 is 0 Å². The first kappa shape index (κ1) is 14.3. The third-order valence-electron chi connectivity index (χ3n) is 5.05. The van der Waals surface area contributed by atoms with Crippen molar-refractivity contribution in [2.75, 3.05) is 6.61 Å². The molecule has 2 N–H and O–H groups in total. The topological polar surface area (TPSA) is 32.3 Å². The van der Waals surface area contributed by atoms with Crippen LogP contribution in [0.5, 0.6) is 0 Å². The summed E-state index contributed by atoms with van der Waals surface area (Å²) in [6.07, 6.45) is 13.6. The molecule has 0 aromatic rings. The molecule has 3 atom stereocenters. The highest BCUT2D eigenvalue weighted by atomic mass is 16.3. The van der Waals surface area contributed by atoms with Gasteiger partial charge in [0.15, 0.2) is 0 Å². The van der Waals surface area contributed by atoms with Gasteiger partial charge in [-0.3, -0.25) is 0 Å². The zero-order valence-corrected chi connectivity index (χ0v) is 12.0. The summed E-state index contributed by atoms with van der Waals surface area (Å²) < 4.78 is 0. The van der Waals surface area contributed by atoms with Crippen LogP contribution >= 0.6 is 0 Å². The molecule has 2 aliphatic rings. The third-order valence-corrected chi connectivity index (χ3v) is 5.05. The van der Waals surface area contributed by atoms with Crippen LogP contribution in [-0.4, -0.2) is 23.8 Å². The van der Waals surface area contributed by atoms with E-state index in [1.807, 2.05) is 0 Å². The van der Waals surface area contributed by atoms with E-state index in [0.717, 1.165) is 5.92 Å². The fraction of sp³-hybridized carbons (Fsp3) is 1.00. The second kappa shape index (κ2) is 7.49. The monoisotopic (exact) mass is 253 g/mol. The average Bonchev–Trinajstić information content (AvgIpc) is 2.64. The molecular formula is C16H31NO. The van der Waals surface area contributed by atoms with Crippen molar-refractivity contribution in [2.24, 2.45) is 11.8 Å². The highest BCUT2D eigenvalue weighted by Crippen LogP contribution is 2.31. The Labute approximate surface area is 113 Å². The van der Waals surface area contributed by atoms with Crippen molar-refractivity contribution >= 4 is 0 Å². The van der Waals surface area contributed by atoms with Crippen LogP contribution in [0.25, 0.3) is 0 Å². The summed E-state index contributed by atoms with van der Waals surface area (Å²) in [6, 6.07) is 1.03. The largest absolute Gasteiger partial charge is 0.395 e. The van der Waals surface area contributed by atoms with E-state index in [0.29, 0.717) is 24.6 Å². The lowest BCUT2D eigenvalue weighted by Crippen LogP contribution is -2.46. The SMILES string of the molecule is CC1CCCC(C(CO)NC2CCCCCC2)C1. The fourth-order valence-corrected chi connectivity index (χ4v) is 3.93. The van der Waals surface area contributed by atoms with Crippen molar-refractivity contribution in [2.45, 2.75) is 83.2 Å².